The van der Waals surface area contributed by atoms with E-state index in [2.05, 4.69) is 0 Å². The molecule has 0 aromatic heterocycles. The summed E-state index contributed by atoms with van der Waals surface area (Å²) in [6, 6.07) is 0. The van der Waals surface area contributed by atoms with Gasteiger partial charge in [-0.05, 0) is 31.3 Å². The molecule has 5 aliphatic rings. The van der Waals surface area contributed by atoms with Crippen LogP contribution in [-0.2, 0) is 33.4 Å². The normalized spacial score (nSPS) is 52.2. The Bertz CT molecular complexity index is 1000. The maximum absolute atomic E-state index is 13.0. The standard InChI is InChI=1S/C22H26O11/c1-7-4-10(23)15(25)20(3)9(7)5-11-21-6-31-22(30,19(20)21)14(24)8(2)12(21)13(17(28)32-11)33-18(29)16(26)27/h4,8-9,11-15,19,24-25,30H,5-6H2,1-3H3,(H,26,27)/t8-,9?,11?,12?,13?,14-,15-,19?,20-,21-,22-/m1/s1. The van der Waals surface area contributed by atoms with Crippen molar-refractivity contribution in [1.29, 1.82) is 0 Å². The fourth-order valence-corrected chi connectivity index (χ4v) is 7.90. The van der Waals surface area contributed by atoms with Gasteiger partial charge in [-0.25, -0.2) is 14.4 Å². The Morgan fingerprint density at radius 3 is 2.55 bits per heavy atom. The van der Waals surface area contributed by atoms with E-state index in [0.29, 0.717) is 5.57 Å². The monoisotopic (exact) mass is 466 g/mol. The SMILES string of the molecule is CC1=CC(=O)[C@@H](O)[C@@]2(C)C1CC1OC(=O)C(OC(=O)C(=O)O)C3[C@@H](C)[C@@H](O)[C@@]4(O)OC[C@@]13C24. The minimum absolute atomic E-state index is 0.203. The molecular weight excluding hydrogens is 440 g/mol. The first-order valence-electron chi connectivity index (χ1n) is 10.9. The van der Waals surface area contributed by atoms with Gasteiger partial charge >= 0.3 is 17.9 Å². The van der Waals surface area contributed by atoms with Crippen LogP contribution >= 0.6 is 0 Å². The molecule has 2 heterocycles. The molecule has 0 aromatic rings. The lowest BCUT2D eigenvalue weighted by molar-refractivity contribution is -0.339. The summed E-state index contributed by atoms with van der Waals surface area (Å²) in [5.41, 5.74) is -1.90. The van der Waals surface area contributed by atoms with Gasteiger partial charge in [-0.1, -0.05) is 19.4 Å². The summed E-state index contributed by atoms with van der Waals surface area (Å²) in [6.45, 7) is 4.71. The number of aliphatic hydroxyl groups is 3. The summed E-state index contributed by atoms with van der Waals surface area (Å²) >= 11 is 0. The molecule has 2 bridgehead atoms. The van der Waals surface area contributed by atoms with Gasteiger partial charge in [0.25, 0.3) is 0 Å². The second-order valence-corrected chi connectivity index (χ2v) is 10.3. The summed E-state index contributed by atoms with van der Waals surface area (Å²) < 4.78 is 16.5. The molecule has 2 aliphatic heterocycles. The number of carboxylic acids is 1. The molecule has 3 aliphatic carbocycles. The maximum atomic E-state index is 13.0. The minimum atomic E-state index is -2.18. The van der Waals surface area contributed by atoms with Crippen molar-refractivity contribution >= 4 is 23.7 Å². The highest BCUT2D eigenvalue weighted by Crippen LogP contribution is 2.73. The van der Waals surface area contributed by atoms with Crippen LogP contribution in [0, 0.1) is 34.5 Å². The van der Waals surface area contributed by atoms with Gasteiger partial charge in [-0.3, -0.25) is 4.79 Å². The Kier molecular flexibility index (Phi) is 4.50. The summed E-state index contributed by atoms with van der Waals surface area (Å²) in [4.78, 5) is 48.6. The van der Waals surface area contributed by atoms with E-state index < -0.39 is 88.4 Å². The lowest BCUT2D eigenvalue weighted by Gasteiger charge is -2.68. The lowest BCUT2D eigenvalue weighted by Crippen LogP contribution is -2.78. The number of hydrogen-bond acceptors (Lipinski definition) is 10. The highest BCUT2D eigenvalue weighted by Gasteiger charge is 2.83. The van der Waals surface area contributed by atoms with Crippen LogP contribution in [0.3, 0.4) is 0 Å². The number of carboxylic acid groups (broad SMARTS) is 1. The number of hydrogen-bond donors (Lipinski definition) is 4. The topological polar surface area (TPSA) is 177 Å². The number of aliphatic hydroxyl groups excluding tert-OH is 2. The van der Waals surface area contributed by atoms with Crippen molar-refractivity contribution in [3.63, 3.8) is 0 Å². The number of ketones is 1. The van der Waals surface area contributed by atoms with Crippen LogP contribution < -0.4 is 0 Å². The van der Waals surface area contributed by atoms with E-state index in [1.807, 2.05) is 0 Å². The number of aliphatic carboxylic acids is 1. The predicted molar refractivity (Wildman–Crippen MR) is 104 cm³/mol. The van der Waals surface area contributed by atoms with Gasteiger partial charge in [0.05, 0.1) is 6.61 Å². The molecule has 0 amide bonds. The van der Waals surface area contributed by atoms with Crippen molar-refractivity contribution in [2.45, 2.75) is 57.4 Å². The molecule has 11 atom stereocenters. The first-order chi connectivity index (χ1) is 15.3. The summed E-state index contributed by atoms with van der Waals surface area (Å²) in [5.74, 6) is -10.6. The zero-order valence-electron chi connectivity index (χ0n) is 18.3. The smallest absolute Gasteiger partial charge is 0.418 e. The molecule has 1 spiro atoms. The van der Waals surface area contributed by atoms with Crippen LogP contribution in [0.2, 0.25) is 0 Å². The Hall–Kier alpha value is -2.34. The lowest BCUT2D eigenvalue weighted by atomic mass is 9.38. The van der Waals surface area contributed by atoms with E-state index in [0.717, 1.165) is 0 Å². The van der Waals surface area contributed by atoms with E-state index in [-0.39, 0.29) is 13.0 Å². The second kappa shape index (κ2) is 6.62. The third-order valence-corrected chi connectivity index (χ3v) is 9.04. The van der Waals surface area contributed by atoms with Gasteiger partial charge in [0, 0.05) is 22.7 Å². The summed E-state index contributed by atoms with van der Waals surface area (Å²) in [6.07, 6.45) is -4.07. The van der Waals surface area contributed by atoms with E-state index >= 15 is 0 Å². The molecule has 11 nitrogen and oxygen atoms in total. The van der Waals surface area contributed by atoms with Gasteiger partial charge in [0.15, 0.2) is 11.6 Å². The van der Waals surface area contributed by atoms with Crippen LogP contribution in [0.4, 0.5) is 0 Å². The van der Waals surface area contributed by atoms with Gasteiger partial charge in [-0.15, -0.1) is 0 Å². The van der Waals surface area contributed by atoms with E-state index in [9.17, 15) is 34.5 Å². The Morgan fingerprint density at radius 1 is 1.24 bits per heavy atom. The van der Waals surface area contributed by atoms with Gasteiger partial charge in [-0.2, -0.15) is 0 Å². The number of rotatable bonds is 1. The highest BCUT2D eigenvalue weighted by molar-refractivity contribution is 6.29. The van der Waals surface area contributed by atoms with Crippen LogP contribution in [0.15, 0.2) is 11.6 Å². The first kappa shape index (κ1) is 22.5. The Balaban J connectivity index is 1.73. The minimum Gasteiger partial charge on any atom is -0.473 e. The summed E-state index contributed by atoms with van der Waals surface area (Å²) in [7, 11) is 0. The second-order valence-electron chi connectivity index (χ2n) is 10.3. The molecule has 2 saturated carbocycles. The Morgan fingerprint density at radius 2 is 1.91 bits per heavy atom. The van der Waals surface area contributed by atoms with Gasteiger partial charge < -0.3 is 34.6 Å². The van der Waals surface area contributed by atoms with Crippen LogP contribution in [0.25, 0.3) is 0 Å². The van der Waals surface area contributed by atoms with Crippen LogP contribution in [0.1, 0.15) is 27.2 Å². The van der Waals surface area contributed by atoms with E-state index in [1.54, 1.807) is 20.8 Å². The third-order valence-electron chi connectivity index (χ3n) is 9.04. The number of carbonyl (C=O) groups is 4. The molecule has 5 rings (SSSR count). The van der Waals surface area contributed by atoms with Crippen molar-refractivity contribution in [2.24, 2.45) is 34.5 Å². The zero-order valence-corrected chi connectivity index (χ0v) is 18.3. The number of allylic oxidation sites excluding steroid dienone is 1. The molecule has 0 radical (unpaired) electrons. The molecule has 0 aromatic carbocycles. The fourth-order valence-electron chi connectivity index (χ4n) is 7.90. The first-order valence-corrected chi connectivity index (χ1v) is 10.9. The molecule has 33 heavy (non-hydrogen) atoms. The molecule has 4 fully saturated rings. The maximum Gasteiger partial charge on any atom is 0.418 e. The predicted octanol–water partition coefficient (Wildman–Crippen LogP) is -1.23. The van der Waals surface area contributed by atoms with Crippen molar-refractivity contribution in [3.05, 3.63) is 11.6 Å². The summed E-state index contributed by atoms with van der Waals surface area (Å²) in [5, 5.41) is 43.0. The average molecular weight is 466 g/mol. The molecular formula is C22H26O11. The van der Waals surface area contributed by atoms with Crippen molar-refractivity contribution in [3.8, 4) is 0 Å². The van der Waals surface area contributed by atoms with Crippen LogP contribution in [0.5, 0.6) is 0 Å². The quantitative estimate of drug-likeness (QED) is 0.269. The van der Waals surface area contributed by atoms with Crippen LogP contribution in [-0.4, -0.2) is 80.9 Å². The highest BCUT2D eigenvalue weighted by atomic mass is 16.7. The fraction of sp³-hybridized carbons (Fsp3) is 0.727. The third kappa shape index (κ3) is 2.43. The van der Waals surface area contributed by atoms with Crippen molar-refractivity contribution < 1.29 is 53.8 Å². The zero-order chi connectivity index (χ0) is 24.2. The largest absolute Gasteiger partial charge is 0.473 e. The number of ether oxygens (including phenoxy) is 3. The van der Waals surface area contributed by atoms with Crippen molar-refractivity contribution in [2.75, 3.05) is 6.61 Å². The molecule has 11 heteroatoms. The average Bonchev–Trinajstić information content (AvgIpc) is 3.03. The van der Waals surface area contributed by atoms with Gasteiger partial charge in [0.2, 0.25) is 6.10 Å². The van der Waals surface area contributed by atoms with Crippen molar-refractivity contribution in [1.82, 2.24) is 0 Å². The number of fused-ring (bicyclic) bond motifs is 1. The van der Waals surface area contributed by atoms with E-state index in [1.165, 1.54) is 6.08 Å². The Labute approximate surface area is 188 Å². The molecule has 2 saturated heterocycles. The molecule has 180 valence electrons. The molecule has 4 N–H and O–H groups in total. The number of esters is 2. The van der Waals surface area contributed by atoms with E-state index in [4.69, 9.17) is 19.3 Å². The molecule has 5 unspecified atom stereocenters. The number of carbonyl (C=O) groups excluding carboxylic acids is 3. The van der Waals surface area contributed by atoms with Gasteiger partial charge in [0.1, 0.15) is 18.3 Å².